The van der Waals surface area contributed by atoms with E-state index in [1.165, 1.54) is 4.90 Å². The summed E-state index contributed by atoms with van der Waals surface area (Å²) in [6.07, 6.45) is 2.05. The van der Waals surface area contributed by atoms with Crippen LogP contribution in [-0.4, -0.2) is 69.9 Å². The van der Waals surface area contributed by atoms with Crippen LogP contribution in [0.5, 0.6) is 0 Å². The van der Waals surface area contributed by atoms with E-state index < -0.39 is 28.0 Å². The molecule has 2 N–H and O–H groups in total. The number of ether oxygens (including phenoxy) is 2. The van der Waals surface area contributed by atoms with E-state index in [0.717, 1.165) is 17.6 Å². The molecule has 0 saturated carbocycles. The zero-order valence-corrected chi connectivity index (χ0v) is 19.1. The lowest BCUT2D eigenvalue weighted by Gasteiger charge is -2.31. The number of sulfonamides is 1. The average Bonchev–Trinajstić information content (AvgIpc) is 2.97. The van der Waals surface area contributed by atoms with E-state index in [2.05, 4.69) is 10.0 Å². The molecule has 1 saturated heterocycles. The van der Waals surface area contributed by atoms with Gasteiger partial charge in [-0.3, -0.25) is 5.32 Å². The van der Waals surface area contributed by atoms with E-state index in [-0.39, 0.29) is 34.7 Å². The molecule has 0 atom stereocenters. The molecule has 1 aromatic rings. The first-order chi connectivity index (χ1) is 14.1. The quantitative estimate of drug-likeness (QED) is 0.593. The van der Waals surface area contributed by atoms with Gasteiger partial charge in [-0.15, -0.1) is 11.3 Å². The molecular weight excluding hydrogens is 434 g/mol. The number of hydrogen-bond donors (Lipinski definition) is 2. The molecule has 1 aliphatic rings. The summed E-state index contributed by atoms with van der Waals surface area (Å²) >= 11 is 0.963. The molecule has 1 fully saturated rings. The van der Waals surface area contributed by atoms with Crippen molar-refractivity contribution in [2.75, 3.05) is 37.9 Å². The van der Waals surface area contributed by atoms with Gasteiger partial charge in [0.15, 0.2) is 0 Å². The summed E-state index contributed by atoms with van der Waals surface area (Å²) in [4.78, 5) is 39.1. The van der Waals surface area contributed by atoms with Crippen LogP contribution in [0.4, 0.5) is 9.80 Å². The number of rotatable bonds is 7. The summed E-state index contributed by atoms with van der Waals surface area (Å²) in [6.45, 7) is 5.98. The first-order valence-corrected chi connectivity index (χ1v) is 12.3. The molecule has 0 unspecified atom stereocenters. The lowest BCUT2D eigenvalue weighted by molar-refractivity contribution is 0.0527. The summed E-state index contributed by atoms with van der Waals surface area (Å²) < 4.78 is 35.4. The molecule has 0 aliphatic carbocycles. The molecule has 0 aromatic carbocycles. The average molecular weight is 462 g/mol. The topological polar surface area (TPSA) is 131 Å². The van der Waals surface area contributed by atoms with Crippen molar-refractivity contribution in [3.8, 4) is 0 Å². The lowest BCUT2D eigenvalue weighted by Crippen LogP contribution is -2.47. The largest absolute Gasteiger partial charge is 0.462 e. The fraction of sp³-hybridized carbons (Fsp3) is 0.611. The molecule has 168 valence electrons. The second-order valence-electron chi connectivity index (χ2n) is 6.78. The number of nitrogens with zero attached hydrogens (tertiary/aromatic N) is 1. The van der Waals surface area contributed by atoms with Crippen LogP contribution in [-0.2, 0) is 19.5 Å². The molecule has 2 rings (SSSR count). The fourth-order valence-corrected chi connectivity index (χ4v) is 5.04. The zero-order valence-electron chi connectivity index (χ0n) is 17.4. The van der Waals surface area contributed by atoms with Gasteiger partial charge in [-0.1, -0.05) is 0 Å². The van der Waals surface area contributed by atoms with E-state index in [0.29, 0.717) is 31.5 Å². The van der Waals surface area contributed by atoms with Gasteiger partial charge in [-0.25, -0.2) is 27.5 Å². The Morgan fingerprint density at radius 1 is 1.10 bits per heavy atom. The van der Waals surface area contributed by atoms with Crippen LogP contribution in [0.25, 0.3) is 0 Å². The minimum Gasteiger partial charge on any atom is -0.462 e. The number of esters is 2. The normalized spacial score (nSPS) is 15.0. The number of nitrogens with one attached hydrogen (secondary N) is 2. The molecule has 12 heteroatoms. The van der Waals surface area contributed by atoms with Crippen LogP contribution >= 0.6 is 11.3 Å². The van der Waals surface area contributed by atoms with Crippen LogP contribution in [0.2, 0.25) is 0 Å². The van der Waals surface area contributed by atoms with Gasteiger partial charge in [0.05, 0.1) is 25.0 Å². The predicted octanol–water partition coefficient (Wildman–Crippen LogP) is 1.96. The summed E-state index contributed by atoms with van der Waals surface area (Å²) in [7, 11) is -3.31. The second kappa shape index (κ2) is 10.2. The van der Waals surface area contributed by atoms with Gasteiger partial charge in [0.25, 0.3) is 0 Å². The number of carbonyl (C=O) groups is 3. The van der Waals surface area contributed by atoms with Crippen LogP contribution in [0.1, 0.15) is 52.3 Å². The lowest BCUT2D eigenvalue weighted by atomic mass is 10.1. The zero-order chi connectivity index (χ0) is 22.5. The van der Waals surface area contributed by atoms with Crippen LogP contribution in [0.15, 0.2) is 0 Å². The summed E-state index contributed by atoms with van der Waals surface area (Å²) in [5, 5.41) is 2.92. The van der Waals surface area contributed by atoms with Gasteiger partial charge >= 0.3 is 18.0 Å². The van der Waals surface area contributed by atoms with Gasteiger partial charge in [0.2, 0.25) is 10.0 Å². The van der Waals surface area contributed by atoms with Crippen molar-refractivity contribution in [2.45, 2.75) is 39.7 Å². The Morgan fingerprint density at radius 2 is 1.67 bits per heavy atom. The first kappa shape index (κ1) is 24.1. The van der Waals surface area contributed by atoms with Crippen LogP contribution in [0, 0.1) is 6.92 Å². The highest BCUT2D eigenvalue weighted by molar-refractivity contribution is 7.88. The number of anilines is 1. The van der Waals surface area contributed by atoms with Crippen molar-refractivity contribution in [3.05, 3.63) is 16.0 Å². The molecule has 0 radical (unpaired) electrons. The summed E-state index contributed by atoms with van der Waals surface area (Å²) in [5.41, 5.74) is 0.523. The van der Waals surface area contributed by atoms with Gasteiger partial charge in [0, 0.05) is 19.1 Å². The number of likely N-dealkylation sites (tertiary alicyclic amines) is 1. The van der Waals surface area contributed by atoms with Crippen molar-refractivity contribution in [2.24, 2.45) is 0 Å². The minimum absolute atomic E-state index is 0.131. The van der Waals surface area contributed by atoms with E-state index in [4.69, 9.17) is 9.47 Å². The Kier molecular flexibility index (Phi) is 8.21. The van der Waals surface area contributed by atoms with Crippen LogP contribution < -0.4 is 10.0 Å². The highest BCUT2D eigenvalue weighted by Crippen LogP contribution is 2.34. The molecule has 2 heterocycles. The van der Waals surface area contributed by atoms with Gasteiger partial charge < -0.3 is 14.4 Å². The molecule has 1 aliphatic heterocycles. The molecule has 2 amide bonds. The number of thiophene rings is 1. The molecule has 10 nitrogen and oxygen atoms in total. The van der Waals surface area contributed by atoms with Gasteiger partial charge in [-0.05, 0) is 39.2 Å². The summed E-state index contributed by atoms with van der Waals surface area (Å²) in [6, 6.07) is -0.659. The minimum atomic E-state index is -3.31. The van der Waals surface area contributed by atoms with E-state index in [9.17, 15) is 22.8 Å². The Bertz CT molecular complexity index is 903. The molecule has 30 heavy (non-hydrogen) atoms. The van der Waals surface area contributed by atoms with Gasteiger partial charge in [0.1, 0.15) is 9.88 Å². The maximum Gasteiger partial charge on any atom is 0.348 e. The van der Waals surface area contributed by atoms with Crippen molar-refractivity contribution in [3.63, 3.8) is 0 Å². The predicted molar refractivity (Wildman–Crippen MR) is 113 cm³/mol. The number of piperidine rings is 1. The van der Waals surface area contributed by atoms with E-state index in [1.54, 1.807) is 20.8 Å². The monoisotopic (exact) mass is 461 g/mol. The van der Waals surface area contributed by atoms with Crippen LogP contribution in [0.3, 0.4) is 0 Å². The van der Waals surface area contributed by atoms with Crippen molar-refractivity contribution in [1.82, 2.24) is 9.62 Å². The third kappa shape index (κ3) is 6.16. The molecular formula is C18H27N3O7S2. The van der Waals surface area contributed by atoms with Gasteiger partial charge in [-0.2, -0.15) is 0 Å². The highest BCUT2D eigenvalue weighted by atomic mass is 32.2. The van der Waals surface area contributed by atoms with E-state index in [1.807, 2.05) is 0 Å². The molecule has 1 aromatic heterocycles. The standard InChI is InChI=1S/C18H27N3O7S2/c1-5-27-16(22)13-11(3)14(17(23)28-6-2)29-15(13)19-18(24)21-9-7-12(8-10-21)20-30(4,25)26/h12,20H,5-10H2,1-4H3,(H,19,24). The molecule has 0 bridgehead atoms. The van der Waals surface area contributed by atoms with Crippen molar-refractivity contribution >= 4 is 44.3 Å². The Hall–Kier alpha value is -2.18. The third-order valence-electron chi connectivity index (χ3n) is 4.47. The Labute approximate surface area is 180 Å². The highest BCUT2D eigenvalue weighted by Gasteiger charge is 2.30. The maximum atomic E-state index is 12.7. The SMILES string of the molecule is CCOC(=O)c1sc(NC(=O)N2CCC(NS(C)(=O)=O)CC2)c(C(=O)OCC)c1C. The third-order valence-corrected chi connectivity index (χ3v) is 6.42. The number of hydrogen-bond acceptors (Lipinski definition) is 8. The second-order valence-corrected chi connectivity index (χ2v) is 9.58. The maximum absolute atomic E-state index is 12.7. The van der Waals surface area contributed by atoms with Crippen molar-refractivity contribution in [1.29, 1.82) is 0 Å². The Morgan fingerprint density at radius 3 is 2.20 bits per heavy atom. The number of carbonyl (C=O) groups excluding carboxylic acids is 3. The van der Waals surface area contributed by atoms with E-state index >= 15 is 0 Å². The van der Waals surface area contributed by atoms with Crippen molar-refractivity contribution < 1.29 is 32.3 Å². The number of amides is 2. The fourth-order valence-electron chi connectivity index (χ4n) is 3.12. The Balaban J connectivity index is 2.16. The smallest absolute Gasteiger partial charge is 0.348 e. The number of urea groups is 1. The molecule has 0 spiro atoms. The first-order valence-electron chi connectivity index (χ1n) is 9.58. The summed E-state index contributed by atoms with van der Waals surface area (Å²) in [5.74, 6) is -1.20.